The molecule has 0 aromatic heterocycles. The molecule has 1 aromatic carbocycles. The number of carbonyl (C=O) groups is 3. The summed E-state index contributed by atoms with van der Waals surface area (Å²) in [6.45, 7) is 5.32. The van der Waals surface area contributed by atoms with Gasteiger partial charge < -0.3 is 5.11 Å². The molecule has 110 valence electrons. The SMILES string of the molecule is Cc1cc(/C=C/C(=O)O)cc(N2C(=O)CC(C)(C)C2=O)c1. The summed E-state index contributed by atoms with van der Waals surface area (Å²) in [5.74, 6) is -1.51. The zero-order valence-corrected chi connectivity index (χ0v) is 12.2. The van der Waals surface area contributed by atoms with Gasteiger partial charge in [0.15, 0.2) is 0 Å². The van der Waals surface area contributed by atoms with Gasteiger partial charge in [-0.2, -0.15) is 0 Å². The molecule has 0 spiro atoms. The van der Waals surface area contributed by atoms with E-state index in [1.54, 1.807) is 32.0 Å². The molecular weight excluding hydrogens is 270 g/mol. The van der Waals surface area contributed by atoms with Crippen molar-refractivity contribution in [1.29, 1.82) is 0 Å². The zero-order valence-electron chi connectivity index (χ0n) is 12.2. The minimum absolute atomic E-state index is 0.181. The summed E-state index contributed by atoms with van der Waals surface area (Å²) in [4.78, 5) is 36.2. The van der Waals surface area contributed by atoms with E-state index in [4.69, 9.17) is 5.11 Å². The number of carboxylic acid groups (broad SMARTS) is 1. The normalized spacial score (nSPS) is 17.8. The van der Waals surface area contributed by atoms with E-state index in [1.165, 1.54) is 11.0 Å². The van der Waals surface area contributed by atoms with Crippen molar-refractivity contribution in [3.05, 3.63) is 35.4 Å². The number of hydrogen-bond donors (Lipinski definition) is 1. The Hall–Kier alpha value is -2.43. The number of aliphatic carboxylic acids is 1. The highest BCUT2D eigenvalue weighted by Gasteiger charge is 2.45. The highest BCUT2D eigenvalue weighted by Crippen LogP contribution is 2.35. The number of nitrogens with zero attached hydrogens (tertiary/aromatic N) is 1. The van der Waals surface area contributed by atoms with Crippen LogP contribution in [0.15, 0.2) is 24.3 Å². The van der Waals surface area contributed by atoms with Gasteiger partial charge in [0.05, 0.1) is 11.1 Å². The molecule has 1 saturated heterocycles. The topological polar surface area (TPSA) is 74.7 Å². The van der Waals surface area contributed by atoms with Gasteiger partial charge in [0, 0.05) is 12.5 Å². The number of benzene rings is 1. The summed E-state index contributed by atoms with van der Waals surface area (Å²) < 4.78 is 0. The Morgan fingerprint density at radius 2 is 1.95 bits per heavy atom. The van der Waals surface area contributed by atoms with Gasteiger partial charge >= 0.3 is 5.97 Å². The van der Waals surface area contributed by atoms with Crippen LogP contribution in [0.2, 0.25) is 0 Å². The second kappa shape index (κ2) is 5.16. The van der Waals surface area contributed by atoms with E-state index in [-0.39, 0.29) is 18.2 Å². The first-order valence-corrected chi connectivity index (χ1v) is 6.61. The largest absolute Gasteiger partial charge is 0.478 e. The predicted octanol–water partition coefficient (Wildman–Crippen LogP) is 2.38. The Balaban J connectivity index is 2.43. The van der Waals surface area contributed by atoms with Crippen molar-refractivity contribution >= 4 is 29.5 Å². The Kier molecular flexibility index (Phi) is 3.68. The van der Waals surface area contributed by atoms with E-state index in [0.29, 0.717) is 11.3 Å². The molecular formula is C16H17NO4. The van der Waals surface area contributed by atoms with Crippen LogP contribution in [-0.2, 0) is 14.4 Å². The van der Waals surface area contributed by atoms with Gasteiger partial charge in [-0.15, -0.1) is 0 Å². The first-order valence-electron chi connectivity index (χ1n) is 6.61. The lowest BCUT2D eigenvalue weighted by Gasteiger charge is -2.18. The standard InChI is InChI=1S/C16H17NO4/c1-10-6-11(4-5-14(19)20)8-12(7-10)17-13(18)9-16(2,3)15(17)21/h4-8H,9H2,1-3H3,(H,19,20)/b5-4+. The van der Waals surface area contributed by atoms with Crippen molar-refractivity contribution < 1.29 is 19.5 Å². The molecule has 1 fully saturated rings. The summed E-state index contributed by atoms with van der Waals surface area (Å²) in [5, 5.41) is 8.67. The first-order chi connectivity index (χ1) is 9.70. The maximum absolute atomic E-state index is 12.3. The van der Waals surface area contributed by atoms with Crippen LogP contribution in [0.5, 0.6) is 0 Å². The number of carbonyl (C=O) groups excluding carboxylic acids is 2. The van der Waals surface area contributed by atoms with Crippen LogP contribution in [0.1, 0.15) is 31.4 Å². The summed E-state index contributed by atoms with van der Waals surface area (Å²) in [5.41, 5.74) is 1.28. The van der Waals surface area contributed by atoms with E-state index in [9.17, 15) is 14.4 Å². The van der Waals surface area contributed by atoms with Crippen LogP contribution in [0.25, 0.3) is 6.08 Å². The molecule has 0 bridgehead atoms. The number of rotatable bonds is 3. The van der Waals surface area contributed by atoms with Gasteiger partial charge in [0.25, 0.3) is 0 Å². The van der Waals surface area contributed by atoms with Crippen LogP contribution in [-0.4, -0.2) is 22.9 Å². The zero-order chi connectivity index (χ0) is 15.8. The monoisotopic (exact) mass is 287 g/mol. The molecule has 1 heterocycles. The summed E-state index contributed by atoms with van der Waals surface area (Å²) >= 11 is 0. The second-order valence-corrected chi connectivity index (χ2v) is 5.87. The number of amides is 2. The fourth-order valence-electron chi connectivity index (χ4n) is 2.39. The van der Waals surface area contributed by atoms with Crippen molar-refractivity contribution in [1.82, 2.24) is 0 Å². The third kappa shape index (κ3) is 3.02. The molecule has 1 N–H and O–H groups in total. The van der Waals surface area contributed by atoms with Crippen molar-refractivity contribution in [2.24, 2.45) is 5.41 Å². The van der Waals surface area contributed by atoms with E-state index >= 15 is 0 Å². The maximum Gasteiger partial charge on any atom is 0.328 e. The van der Waals surface area contributed by atoms with Gasteiger partial charge in [-0.25, -0.2) is 4.79 Å². The number of hydrogen-bond acceptors (Lipinski definition) is 3. The molecule has 5 nitrogen and oxygen atoms in total. The molecule has 5 heteroatoms. The summed E-state index contributed by atoms with van der Waals surface area (Å²) in [7, 11) is 0. The Bertz CT molecular complexity index is 658. The van der Waals surface area contributed by atoms with Crippen molar-refractivity contribution in [2.45, 2.75) is 27.2 Å². The highest BCUT2D eigenvalue weighted by atomic mass is 16.4. The molecule has 0 radical (unpaired) electrons. The maximum atomic E-state index is 12.3. The quantitative estimate of drug-likeness (QED) is 0.684. The van der Waals surface area contributed by atoms with Crippen LogP contribution < -0.4 is 4.90 Å². The van der Waals surface area contributed by atoms with Gasteiger partial charge in [0.1, 0.15) is 0 Å². The second-order valence-electron chi connectivity index (χ2n) is 5.87. The van der Waals surface area contributed by atoms with Gasteiger partial charge in [0.2, 0.25) is 11.8 Å². The number of carboxylic acids is 1. The molecule has 0 atom stereocenters. The first kappa shape index (κ1) is 15.0. The molecule has 0 unspecified atom stereocenters. The molecule has 2 amide bonds. The van der Waals surface area contributed by atoms with Crippen LogP contribution in [0, 0.1) is 12.3 Å². The van der Waals surface area contributed by atoms with E-state index in [1.807, 2.05) is 6.92 Å². The molecule has 1 aliphatic heterocycles. The van der Waals surface area contributed by atoms with Crippen LogP contribution >= 0.6 is 0 Å². The Morgan fingerprint density at radius 3 is 2.48 bits per heavy atom. The molecule has 21 heavy (non-hydrogen) atoms. The lowest BCUT2D eigenvalue weighted by molar-refractivity contribution is -0.131. The summed E-state index contributed by atoms with van der Waals surface area (Å²) in [6.07, 6.45) is 2.64. The highest BCUT2D eigenvalue weighted by molar-refractivity contribution is 6.22. The minimum Gasteiger partial charge on any atom is -0.478 e. The third-order valence-electron chi connectivity index (χ3n) is 3.39. The average Bonchev–Trinajstić information content (AvgIpc) is 2.55. The third-order valence-corrected chi connectivity index (χ3v) is 3.39. The molecule has 0 saturated carbocycles. The van der Waals surface area contributed by atoms with E-state index in [0.717, 1.165) is 11.6 Å². The minimum atomic E-state index is -1.05. The number of anilines is 1. The Labute approximate surface area is 122 Å². The fourth-order valence-corrected chi connectivity index (χ4v) is 2.39. The van der Waals surface area contributed by atoms with Crippen molar-refractivity contribution in [3.8, 4) is 0 Å². The van der Waals surface area contributed by atoms with Crippen molar-refractivity contribution in [2.75, 3.05) is 4.90 Å². The molecule has 0 aliphatic carbocycles. The van der Waals surface area contributed by atoms with Gasteiger partial charge in [-0.1, -0.05) is 19.9 Å². The number of aryl methyl sites for hydroxylation is 1. The van der Waals surface area contributed by atoms with Gasteiger partial charge in [-0.05, 0) is 36.3 Å². The fraction of sp³-hybridized carbons (Fsp3) is 0.312. The lowest BCUT2D eigenvalue weighted by atomic mass is 9.92. The van der Waals surface area contributed by atoms with E-state index in [2.05, 4.69) is 0 Å². The lowest BCUT2D eigenvalue weighted by Crippen LogP contribution is -2.33. The predicted molar refractivity (Wildman–Crippen MR) is 78.7 cm³/mol. The van der Waals surface area contributed by atoms with Crippen LogP contribution in [0.4, 0.5) is 5.69 Å². The Morgan fingerprint density at radius 1 is 1.29 bits per heavy atom. The van der Waals surface area contributed by atoms with E-state index < -0.39 is 11.4 Å². The summed E-state index contributed by atoms with van der Waals surface area (Å²) in [6, 6.07) is 5.18. The number of imide groups is 1. The van der Waals surface area contributed by atoms with Crippen LogP contribution in [0.3, 0.4) is 0 Å². The average molecular weight is 287 g/mol. The molecule has 1 aromatic rings. The van der Waals surface area contributed by atoms with Gasteiger partial charge in [-0.3, -0.25) is 14.5 Å². The smallest absolute Gasteiger partial charge is 0.328 e. The molecule has 1 aliphatic rings. The van der Waals surface area contributed by atoms with Crippen molar-refractivity contribution in [3.63, 3.8) is 0 Å². The molecule has 2 rings (SSSR count).